The summed E-state index contributed by atoms with van der Waals surface area (Å²) in [7, 11) is 1.59. The third-order valence-electron chi connectivity index (χ3n) is 2.54. The van der Waals surface area contributed by atoms with E-state index in [0.717, 1.165) is 15.8 Å². The maximum absolute atomic E-state index is 11.5. The molecule has 1 N–H and O–H groups in total. The van der Waals surface area contributed by atoms with Gasteiger partial charge < -0.3 is 14.0 Å². The Labute approximate surface area is 135 Å². The fourth-order valence-corrected chi connectivity index (χ4v) is 2.08. The maximum Gasteiger partial charge on any atom is 0.278 e. The number of hydrazone groups is 1. The second-order valence-corrected chi connectivity index (χ2v) is 5.11. The van der Waals surface area contributed by atoms with Gasteiger partial charge in [0.25, 0.3) is 11.8 Å². The van der Waals surface area contributed by atoms with Crippen molar-refractivity contribution in [2.45, 2.75) is 6.92 Å². The van der Waals surface area contributed by atoms with Crippen molar-refractivity contribution in [3.63, 3.8) is 0 Å². The van der Waals surface area contributed by atoms with Gasteiger partial charge >= 0.3 is 0 Å². The number of ether oxygens (including phenoxy) is 2. The lowest BCUT2D eigenvalue weighted by molar-refractivity contribution is -0.123. The summed E-state index contributed by atoms with van der Waals surface area (Å²) in [5.74, 6) is 1.19. The molecule has 8 heteroatoms. The first-order chi connectivity index (χ1) is 10.6. The zero-order valence-electron chi connectivity index (χ0n) is 12.0. The third kappa shape index (κ3) is 4.59. The Morgan fingerprint density at radius 3 is 2.95 bits per heavy atom. The lowest BCUT2D eigenvalue weighted by atomic mass is 10.2. The topological polar surface area (TPSA) is 86.0 Å². The van der Waals surface area contributed by atoms with Gasteiger partial charge in [0.05, 0.1) is 17.8 Å². The second-order valence-electron chi connectivity index (χ2n) is 4.25. The first kappa shape index (κ1) is 16.0. The Balaban J connectivity index is 1.81. The SMILES string of the molecule is COc1ccc(/C=N/NC(=O)COc2cc(C)on2)cc1Br. The molecule has 2 aromatic rings. The van der Waals surface area contributed by atoms with E-state index in [1.807, 2.05) is 12.1 Å². The number of hydrogen-bond acceptors (Lipinski definition) is 6. The molecule has 0 atom stereocenters. The summed E-state index contributed by atoms with van der Waals surface area (Å²) in [4.78, 5) is 11.5. The smallest absolute Gasteiger partial charge is 0.278 e. The average Bonchev–Trinajstić information content (AvgIpc) is 2.91. The highest BCUT2D eigenvalue weighted by molar-refractivity contribution is 9.10. The fraction of sp³-hybridized carbons (Fsp3) is 0.214. The van der Waals surface area contributed by atoms with Crippen molar-refractivity contribution in [3.8, 4) is 11.6 Å². The van der Waals surface area contributed by atoms with Crippen LogP contribution in [0.2, 0.25) is 0 Å². The van der Waals surface area contributed by atoms with Crippen molar-refractivity contribution in [2.75, 3.05) is 13.7 Å². The predicted octanol–water partition coefficient (Wildman–Crippen LogP) is 2.28. The van der Waals surface area contributed by atoms with Crippen LogP contribution >= 0.6 is 15.9 Å². The van der Waals surface area contributed by atoms with Crippen LogP contribution in [0, 0.1) is 6.92 Å². The first-order valence-corrected chi connectivity index (χ1v) is 7.09. The quantitative estimate of drug-likeness (QED) is 0.625. The fourth-order valence-electron chi connectivity index (χ4n) is 1.53. The molecule has 1 amide bonds. The normalized spacial score (nSPS) is 10.7. The molecule has 1 heterocycles. The number of nitrogens with zero attached hydrogens (tertiary/aromatic N) is 2. The number of carbonyl (C=O) groups is 1. The van der Waals surface area contributed by atoms with E-state index < -0.39 is 5.91 Å². The molecule has 0 aliphatic heterocycles. The number of benzene rings is 1. The third-order valence-corrected chi connectivity index (χ3v) is 3.16. The molecular weight excluding hydrogens is 354 g/mol. The molecule has 0 unspecified atom stereocenters. The zero-order valence-corrected chi connectivity index (χ0v) is 13.6. The number of nitrogens with one attached hydrogen (secondary N) is 1. The van der Waals surface area contributed by atoms with Gasteiger partial charge in [-0.3, -0.25) is 4.79 Å². The van der Waals surface area contributed by atoms with Gasteiger partial charge in [-0.2, -0.15) is 5.10 Å². The van der Waals surface area contributed by atoms with Gasteiger partial charge in [-0.25, -0.2) is 5.43 Å². The van der Waals surface area contributed by atoms with Crippen LogP contribution < -0.4 is 14.9 Å². The van der Waals surface area contributed by atoms with E-state index in [1.165, 1.54) is 6.21 Å². The Bertz CT molecular complexity index is 684. The van der Waals surface area contributed by atoms with Crippen LogP contribution in [0.1, 0.15) is 11.3 Å². The first-order valence-electron chi connectivity index (χ1n) is 6.30. The van der Waals surface area contributed by atoms with Gasteiger partial charge in [0.2, 0.25) is 0 Å². The highest BCUT2D eigenvalue weighted by atomic mass is 79.9. The van der Waals surface area contributed by atoms with Crippen molar-refractivity contribution in [1.82, 2.24) is 10.6 Å². The van der Waals surface area contributed by atoms with Gasteiger partial charge in [-0.1, -0.05) is 0 Å². The van der Waals surface area contributed by atoms with Crippen LogP contribution in [-0.4, -0.2) is 31.0 Å². The number of halogens is 1. The molecule has 0 saturated heterocycles. The molecule has 7 nitrogen and oxygen atoms in total. The summed E-state index contributed by atoms with van der Waals surface area (Å²) in [5.41, 5.74) is 3.16. The zero-order chi connectivity index (χ0) is 15.9. The molecule has 1 aromatic heterocycles. The van der Waals surface area contributed by atoms with Gasteiger partial charge in [0.15, 0.2) is 6.61 Å². The van der Waals surface area contributed by atoms with Crippen molar-refractivity contribution in [2.24, 2.45) is 5.10 Å². The molecule has 0 radical (unpaired) electrons. The lowest BCUT2D eigenvalue weighted by Crippen LogP contribution is -2.24. The summed E-state index contributed by atoms with van der Waals surface area (Å²) in [6, 6.07) is 7.02. The second kappa shape index (κ2) is 7.60. The van der Waals surface area contributed by atoms with E-state index in [-0.39, 0.29) is 12.5 Å². The summed E-state index contributed by atoms with van der Waals surface area (Å²) in [6.07, 6.45) is 1.52. The molecule has 2 rings (SSSR count). The number of aryl methyl sites for hydroxylation is 1. The molecular formula is C14H14BrN3O4. The van der Waals surface area contributed by atoms with E-state index in [1.54, 1.807) is 26.2 Å². The van der Waals surface area contributed by atoms with Gasteiger partial charge in [-0.05, 0) is 51.8 Å². The minimum atomic E-state index is -0.399. The van der Waals surface area contributed by atoms with Crippen LogP contribution in [0.15, 0.2) is 38.4 Å². The molecule has 0 aliphatic rings. The number of carbonyl (C=O) groups excluding carboxylic acids is 1. The number of amides is 1. The van der Waals surface area contributed by atoms with Gasteiger partial charge in [0.1, 0.15) is 11.5 Å². The van der Waals surface area contributed by atoms with E-state index in [9.17, 15) is 4.79 Å². The summed E-state index contributed by atoms with van der Waals surface area (Å²) in [6.45, 7) is 1.53. The molecule has 22 heavy (non-hydrogen) atoms. The Morgan fingerprint density at radius 2 is 2.32 bits per heavy atom. The number of methoxy groups -OCH3 is 1. The van der Waals surface area contributed by atoms with Crippen molar-refractivity contribution in [3.05, 3.63) is 40.1 Å². The van der Waals surface area contributed by atoms with Crippen LogP contribution in [0.3, 0.4) is 0 Å². The van der Waals surface area contributed by atoms with Crippen molar-refractivity contribution >= 4 is 28.1 Å². The lowest BCUT2D eigenvalue weighted by Gasteiger charge is -2.03. The largest absolute Gasteiger partial charge is 0.496 e. The van der Waals surface area contributed by atoms with Gasteiger partial charge in [0, 0.05) is 6.07 Å². The Morgan fingerprint density at radius 1 is 1.50 bits per heavy atom. The van der Waals surface area contributed by atoms with Crippen LogP contribution in [0.5, 0.6) is 11.6 Å². The summed E-state index contributed by atoms with van der Waals surface area (Å²) >= 11 is 3.37. The molecule has 0 fully saturated rings. The van der Waals surface area contributed by atoms with Crippen molar-refractivity contribution in [1.29, 1.82) is 0 Å². The Kier molecular flexibility index (Phi) is 5.54. The molecule has 1 aromatic carbocycles. The van der Waals surface area contributed by atoms with E-state index in [0.29, 0.717) is 5.76 Å². The van der Waals surface area contributed by atoms with E-state index >= 15 is 0 Å². The summed E-state index contributed by atoms with van der Waals surface area (Å²) in [5, 5.41) is 7.45. The van der Waals surface area contributed by atoms with Crippen LogP contribution in [0.25, 0.3) is 0 Å². The van der Waals surface area contributed by atoms with Crippen LogP contribution in [-0.2, 0) is 4.79 Å². The number of rotatable bonds is 6. The summed E-state index contributed by atoms with van der Waals surface area (Å²) < 4.78 is 15.9. The monoisotopic (exact) mass is 367 g/mol. The number of hydrogen-bond donors (Lipinski definition) is 1. The minimum absolute atomic E-state index is 0.199. The minimum Gasteiger partial charge on any atom is -0.496 e. The Hall–Kier alpha value is -2.35. The maximum atomic E-state index is 11.5. The van der Waals surface area contributed by atoms with E-state index in [4.69, 9.17) is 14.0 Å². The molecule has 0 bridgehead atoms. The standard InChI is InChI=1S/C14H14BrN3O4/c1-9-5-14(18-22-9)21-8-13(19)17-16-7-10-3-4-12(20-2)11(15)6-10/h3-7H,8H2,1-2H3,(H,17,19)/b16-7+. The van der Waals surface area contributed by atoms with Gasteiger partial charge in [-0.15, -0.1) is 0 Å². The predicted molar refractivity (Wildman–Crippen MR) is 83.2 cm³/mol. The molecule has 0 aliphatic carbocycles. The molecule has 0 saturated carbocycles. The molecule has 0 spiro atoms. The number of aromatic nitrogens is 1. The highest BCUT2D eigenvalue weighted by Gasteiger charge is 2.05. The molecule has 116 valence electrons. The van der Waals surface area contributed by atoms with Crippen molar-refractivity contribution < 1.29 is 18.8 Å². The van der Waals surface area contributed by atoms with E-state index in [2.05, 4.69) is 31.6 Å². The van der Waals surface area contributed by atoms with Crippen LogP contribution in [0.4, 0.5) is 0 Å². The highest BCUT2D eigenvalue weighted by Crippen LogP contribution is 2.24. The average molecular weight is 368 g/mol.